The molecule has 192 valence electrons. The molecule has 0 saturated carbocycles. The number of benzene rings is 2. The van der Waals surface area contributed by atoms with E-state index in [0.29, 0.717) is 23.8 Å². The molecule has 6 nitrogen and oxygen atoms in total. The van der Waals surface area contributed by atoms with Crippen molar-refractivity contribution in [1.29, 1.82) is 0 Å². The fourth-order valence-electron chi connectivity index (χ4n) is 5.21. The number of nitrogens with zero attached hydrogens (tertiary/aromatic N) is 3. The van der Waals surface area contributed by atoms with Gasteiger partial charge in [-0.3, -0.25) is 19.3 Å². The number of likely N-dealkylation sites (tertiary alicyclic amines) is 1. The molecular weight excluding hydrogens is 482 g/mol. The first-order chi connectivity index (χ1) is 17.9. The number of para-hydroxylation sites is 1. The Morgan fingerprint density at radius 3 is 2.54 bits per heavy atom. The van der Waals surface area contributed by atoms with Crippen LogP contribution in [0.2, 0.25) is 0 Å². The smallest absolute Gasteiger partial charge is 0.293 e. The zero-order valence-corrected chi connectivity index (χ0v) is 22.3. The van der Waals surface area contributed by atoms with Gasteiger partial charge in [-0.2, -0.15) is 0 Å². The predicted molar refractivity (Wildman–Crippen MR) is 149 cm³/mol. The van der Waals surface area contributed by atoms with Crippen LogP contribution < -0.4 is 0 Å². The second-order valence-corrected chi connectivity index (χ2v) is 11.0. The summed E-state index contributed by atoms with van der Waals surface area (Å²) in [5, 5.41) is 0.759. The number of fused-ring (bicyclic) bond motifs is 1. The molecule has 2 aromatic carbocycles. The van der Waals surface area contributed by atoms with E-state index < -0.39 is 0 Å². The summed E-state index contributed by atoms with van der Waals surface area (Å²) in [6, 6.07) is 16.0. The number of hydrogen-bond donors (Lipinski definition) is 0. The van der Waals surface area contributed by atoms with Gasteiger partial charge in [-0.05, 0) is 60.6 Å². The zero-order valence-electron chi connectivity index (χ0n) is 21.5. The number of aromatic nitrogens is 1. The average Bonchev–Trinajstić information content (AvgIpc) is 3.39. The van der Waals surface area contributed by atoms with Crippen LogP contribution in [0.5, 0.6) is 0 Å². The van der Waals surface area contributed by atoms with Gasteiger partial charge in [0.05, 0.1) is 10.4 Å². The molecule has 2 saturated heterocycles. The molecule has 2 aliphatic heterocycles. The molecule has 37 heavy (non-hydrogen) atoms. The van der Waals surface area contributed by atoms with Crippen molar-refractivity contribution in [3.63, 3.8) is 0 Å². The number of amides is 3. The lowest BCUT2D eigenvalue weighted by Crippen LogP contribution is -2.39. The molecule has 7 heteroatoms. The Hall–Kier alpha value is -3.32. The summed E-state index contributed by atoms with van der Waals surface area (Å²) in [6.07, 6.45) is 7.34. The van der Waals surface area contributed by atoms with E-state index in [1.807, 2.05) is 64.2 Å². The van der Waals surface area contributed by atoms with Crippen LogP contribution in [0.25, 0.3) is 17.0 Å². The highest BCUT2D eigenvalue weighted by molar-refractivity contribution is 8.18. The molecule has 0 aliphatic carbocycles. The number of rotatable bonds is 7. The minimum Gasteiger partial charge on any atom is -0.341 e. The largest absolute Gasteiger partial charge is 0.341 e. The molecule has 2 fully saturated rings. The first kappa shape index (κ1) is 25.3. The second kappa shape index (κ2) is 11.0. The van der Waals surface area contributed by atoms with Crippen LogP contribution in [-0.2, 0) is 29.0 Å². The van der Waals surface area contributed by atoms with E-state index in [0.717, 1.165) is 71.7 Å². The van der Waals surface area contributed by atoms with Crippen LogP contribution in [0.4, 0.5) is 4.79 Å². The summed E-state index contributed by atoms with van der Waals surface area (Å²) in [5.74, 6) is 0.539. The van der Waals surface area contributed by atoms with E-state index in [1.54, 1.807) is 0 Å². The topological polar surface area (TPSA) is 62.6 Å². The van der Waals surface area contributed by atoms with Crippen LogP contribution in [0.15, 0.2) is 59.6 Å². The Balaban J connectivity index is 1.41. The third-order valence-corrected chi connectivity index (χ3v) is 8.37. The van der Waals surface area contributed by atoms with Gasteiger partial charge in [-0.1, -0.05) is 62.4 Å². The van der Waals surface area contributed by atoms with E-state index >= 15 is 0 Å². The second-order valence-electron chi connectivity index (χ2n) is 10.0. The van der Waals surface area contributed by atoms with Crippen LogP contribution >= 0.6 is 11.8 Å². The number of imide groups is 1. The SMILES string of the molecule is CCc1cccc2c(/C=C3\SC(=O)N(CCc4ccccc4)C3=O)cn(CC(=O)N3CCC(C)CC3)c12. The quantitative estimate of drug-likeness (QED) is 0.377. The minimum atomic E-state index is -0.253. The standard InChI is InChI=1S/C30H33N3O3S/c1-3-23-10-7-11-25-24(19-32(28(23)25)20-27(34)31-15-12-21(2)13-16-31)18-26-29(35)33(30(36)37-26)17-14-22-8-5-4-6-9-22/h4-11,18-19,21H,3,12-17,20H2,1-2H3/b26-18-. The highest BCUT2D eigenvalue weighted by atomic mass is 32.2. The van der Waals surface area contributed by atoms with Crippen LogP contribution in [-0.4, -0.2) is 51.1 Å². The van der Waals surface area contributed by atoms with Crippen molar-refractivity contribution in [2.45, 2.75) is 46.1 Å². The van der Waals surface area contributed by atoms with E-state index in [1.165, 1.54) is 4.90 Å². The van der Waals surface area contributed by atoms with Gasteiger partial charge in [0.15, 0.2) is 0 Å². The molecule has 0 spiro atoms. The van der Waals surface area contributed by atoms with Crippen molar-refractivity contribution in [2.24, 2.45) is 5.92 Å². The number of piperidine rings is 1. The maximum absolute atomic E-state index is 13.2. The zero-order chi connectivity index (χ0) is 25.9. The average molecular weight is 516 g/mol. The normalized spacial score (nSPS) is 17.9. The fourth-order valence-corrected chi connectivity index (χ4v) is 6.07. The Morgan fingerprint density at radius 2 is 1.81 bits per heavy atom. The molecule has 3 aromatic rings. The van der Waals surface area contributed by atoms with Gasteiger partial charge >= 0.3 is 0 Å². The lowest BCUT2D eigenvalue weighted by Gasteiger charge is -2.30. The van der Waals surface area contributed by atoms with E-state index in [4.69, 9.17) is 0 Å². The third kappa shape index (κ3) is 5.37. The molecule has 3 amide bonds. The first-order valence-corrected chi connectivity index (χ1v) is 13.9. The number of aryl methyl sites for hydroxylation is 1. The molecule has 0 bridgehead atoms. The van der Waals surface area contributed by atoms with Crippen LogP contribution in [0.3, 0.4) is 0 Å². The number of carbonyl (C=O) groups is 3. The Bertz CT molecular complexity index is 1350. The summed E-state index contributed by atoms with van der Waals surface area (Å²) >= 11 is 0.990. The van der Waals surface area contributed by atoms with Gasteiger partial charge in [0.25, 0.3) is 11.1 Å². The van der Waals surface area contributed by atoms with Crippen LogP contribution in [0, 0.1) is 5.92 Å². The lowest BCUT2D eigenvalue weighted by molar-refractivity contribution is -0.133. The predicted octanol–water partition coefficient (Wildman–Crippen LogP) is 5.74. The molecular formula is C30H33N3O3S. The van der Waals surface area contributed by atoms with E-state index in [2.05, 4.69) is 19.9 Å². The van der Waals surface area contributed by atoms with Gasteiger partial charge in [0, 0.05) is 36.8 Å². The maximum atomic E-state index is 13.2. The number of thioether (sulfide) groups is 1. The van der Waals surface area contributed by atoms with Crippen molar-refractivity contribution < 1.29 is 14.4 Å². The van der Waals surface area contributed by atoms with E-state index in [-0.39, 0.29) is 23.6 Å². The van der Waals surface area contributed by atoms with Crippen molar-refractivity contribution in [3.05, 3.63) is 76.3 Å². The maximum Gasteiger partial charge on any atom is 0.293 e. The Kier molecular flexibility index (Phi) is 7.51. The molecule has 1 aromatic heterocycles. The Labute approximate surface area is 222 Å². The van der Waals surface area contributed by atoms with Gasteiger partial charge < -0.3 is 9.47 Å². The summed E-state index contributed by atoms with van der Waals surface area (Å²) < 4.78 is 2.03. The van der Waals surface area contributed by atoms with Gasteiger partial charge in [-0.25, -0.2) is 0 Å². The lowest BCUT2D eigenvalue weighted by atomic mass is 9.99. The van der Waals surface area contributed by atoms with Crippen molar-refractivity contribution in [3.8, 4) is 0 Å². The number of carbonyl (C=O) groups excluding carboxylic acids is 3. The highest BCUT2D eigenvalue weighted by Crippen LogP contribution is 2.35. The van der Waals surface area contributed by atoms with Gasteiger partial charge in [0.1, 0.15) is 6.54 Å². The molecule has 0 N–H and O–H groups in total. The number of hydrogen-bond acceptors (Lipinski definition) is 4. The molecule has 5 rings (SSSR count). The van der Waals surface area contributed by atoms with E-state index in [9.17, 15) is 14.4 Å². The minimum absolute atomic E-state index is 0.127. The van der Waals surface area contributed by atoms with Gasteiger partial charge in [0.2, 0.25) is 5.91 Å². The van der Waals surface area contributed by atoms with Crippen LogP contribution in [0.1, 0.15) is 43.4 Å². The van der Waals surface area contributed by atoms with Crippen molar-refractivity contribution in [1.82, 2.24) is 14.4 Å². The van der Waals surface area contributed by atoms with Gasteiger partial charge in [-0.15, -0.1) is 0 Å². The molecule has 2 aliphatic rings. The summed E-state index contributed by atoms with van der Waals surface area (Å²) in [7, 11) is 0. The third-order valence-electron chi connectivity index (χ3n) is 7.46. The summed E-state index contributed by atoms with van der Waals surface area (Å²) in [5.41, 5.74) is 4.14. The van der Waals surface area contributed by atoms with Crippen molar-refractivity contribution >= 4 is 45.8 Å². The summed E-state index contributed by atoms with van der Waals surface area (Å²) in [6.45, 7) is 6.60. The molecule has 0 atom stereocenters. The molecule has 0 unspecified atom stereocenters. The first-order valence-electron chi connectivity index (χ1n) is 13.1. The molecule has 0 radical (unpaired) electrons. The molecule has 3 heterocycles. The monoisotopic (exact) mass is 515 g/mol. The highest BCUT2D eigenvalue weighted by Gasteiger charge is 2.35. The summed E-state index contributed by atoms with van der Waals surface area (Å²) in [4.78, 5) is 42.8. The Morgan fingerprint density at radius 1 is 1.05 bits per heavy atom. The van der Waals surface area contributed by atoms with Crippen molar-refractivity contribution in [2.75, 3.05) is 19.6 Å². The fraction of sp³-hybridized carbons (Fsp3) is 0.367.